The topological polar surface area (TPSA) is 109 Å². The Labute approximate surface area is 88.8 Å². The molecule has 0 atom stereocenters. The molecular formula is C9H7N3O4. The Hall–Kier alpha value is -2.44. The fraction of sp³-hybridized carbons (Fsp3) is 0.111. The molecule has 2 aromatic rings. The van der Waals surface area contributed by atoms with Crippen LogP contribution in [0.15, 0.2) is 21.5 Å². The lowest BCUT2D eigenvalue weighted by atomic mass is 10.2. The second kappa shape index (κ2) is 3.61. The first-order valence-electron chi connectivity index (χ1n) is 4.34. The Bertz CT molecular complexity index is 599. The summed E-state index contributed by atoms with van der Waals surface area (Å²) in [6, 6.07) is 1.36. The van der Waals surface area contributed by atoms with E-state index in [0.717, 1.165) is 0 Å². The van der Waals surface area contributed by atoms with Crippen molar-refractivity contribution in [3.8, 4) is 11.5 Å². The number of carboxylic acids is 1. The van der Waals surface area contributed by atoms with Gasteiger partial charge in [0, 0.05) is 18.0 Å². The lowest BCUT2D eigenvalue weighted by Gasteiger charge is -1.94. The number of aromatic nitrogens is 3. The second-order valence-corrected chi connectivity index (χ2v) is 3.11. The number of carboxylic acid groups (broad SMARTS) is 1. The van der Waals surface area contributed by atoms with E-state index in [2.05, 4.69) is 15.2 Å². The molecule has 7 nitrogen and oxygen atoms in total. The molecule has 2 rings (SSSR count). The van der Waals surface area contributed by atoms with Crippen molar-refractivity contribution in [1.82, 2.24) is 15.2 Å². The minimum atomic E-state index is -1.33. The Morgan fingerprint density at radius 3 is 2.81 bits per heavy atom. The standard InChI is InChI=1S/C9H7N3O4/c1-4-2-6(13)5(3-10-4)7-11-12-8(16-7)9(14)15/h2-3H,1H3,(H,10,13)(H,14,15). The van der Waals surface area contributed by atoms with E-state index >= 15 is 0 Å². The molecule has 0 aliphatic carbocycles. The first kappa shape index (κ1) is 10.1. The van der Waals surface area contributed by atoms with Crippen molar-refractivity contribution in [3.05, 3.63) is 34.1 Å². The molecule has 0 aliphatic rings. The van der Waals surface area contributed by atoms with Crippen LogP contribution in [0.5, 0.6) is 0 Å². The van der Waals surface area contributed by atoms with Gasteiger partial charge < -0.3 is 14.5 Å². The fourth-order valence-corrected chi connectivity index (χ4v) is 1.16. The fourth-order valence-electron chi connectivity index (χ4n) is 1.16. The highest BCUT2D eigenvalue weighted by Gasteiger charge is 2.16. The third-order valence-electron chi connectivity index (χ3n) is 1.90. The van der Waals surface area contributed by atoms with E-state index in [9.17, 15) is 9.59 Å². The number of pyridine rings is 1. The van der Waals surface area contributed by atoms with Crippen LogP contribution in [0.3, 0.4) is 0 Å². The molecule has 16 heavy (non-hydrogen) atoms. The summed E-state index contributed by atoms with van der Waals surface area (Å²) >= 11 is 0. The molecule has 0 aromatic carbocycles. The molecule has 2 aromatic heterocycles. The average molecular weight is 221 g/mol. The van der Waals surface area contributed by atoms with E-state index in [1.807, 2.05) is 0 Å². The molecule has 0 unspecified atom stereocenters. The van der Waals surface area contributed by atoms with Crippen molar-refractivity contribution in [2.24, 2.45) is 0 Å². The van der Waals surface area contributed by atoms with Gasteiger partial charge in [0.1, 0.15) is 5.56 Å². The Morgan fingerprint density at radius 1 is 1.50 bits per heavy atom. The molecule has 0 radical (unpaired) electrons. The average Bonchev–Trinajstić information content (AvgIpc) is 2.66. The molecule has 0 saturated carbocycles. The molecule has 0 aliphatic heterocycles. The highest BCUT2D eigenvalue weighted by molar-refractivity contribution is 5.82. The van der Waals surface area contributed by atoms with E-state index in [4.69, 9.17) is 9.52 Å². The Balaban J connectivity index is 2.51. The third-order valence-corrected chi connectivity index (χ3v) is 1.90. The van der Waals surface area contributed by atoms with E-state index in [1.165, 1.54) is 12.3 Å². The monoisotopic (exact) mass is 221 g/mol. The van der Waals surface area contributed by atoms with Gasteiger partial charge in [0.05, 0.1) is 0 Å². The Kier molecular flexibility index (Phi) is 2.28. The smallest absolute Gasteiger partial charge is 0.393 e. The van der Waals surface area contributed by atoms with Gasteiger partial charge in [-0.05, 0) is 6.92 Å². The van der Waals surface area contributed by atoms with Gasteiger partial charge in [-0.3, -0.25) is 4.79 Å². The number of aryl methyl sites for hydroxylation is 1. The molecule has 0 saturated heterocycles. The van der Waals surface area contributed by atoms with E-state index < -0.39 is 11.9 Å². The van der Waals surface area contributed by atoms with Crippen LogP contribution in [0, 0.1) is 6.92 Å². The lowest BCUT2D eigenvalue weighted by Crippen LogP contribution is -2.05. The number of H-pyrrole nitrogens is 1. The summed E-state index contributed by atoms with van der Waals surface area (Å²) in [4.78, 5) is 24.8. The van der Waals surface area contributed by atoms with Crippen LogP contribution in [-0.4, -0.2) is 26.3 Å². The molecule has 0 spiro atoms. The van der Waals surface area contributed by atoms with Gasteiger partial charge in [0.15, 0.2) is 5.43 Å². The quantitative estimate of drug-likeness (QED) is 0.761. The summed E-state index contributed by atoms with van der Waals surface area (Å²) in [5, 5.41) is 15.3. The zero-order chi connectivity index (χ0) is 11.7. The number of nitrogens with one attached hydrogen (secondary N) is 1. The Morgan fingerprint density at radius 2 is 2.25 bits per heavy atom. The van der Waals surface area contributed by atoms with Gasteiger partial charge in [-0.1, -0.05) is 0 Å². The maximum Gasteiger partial charge on any atom is 0.393 e. The van der Waals surface area contributed by atoms with Crippen molar-refractivity contribution >= 4 is 5.97 Å². The maximum absolute atomic E-state index is 11.5. The van der Waals surface area contributed by atoms with Crippen LogP contribution in [0.25, 0.3) is 11.5 Å². The van der Waals surface area contributed by atoms with Crippen molar-refractivity contribution < 1.29 is 14.3 Å². The van der Waals surface area contributed by atoms with Gasteiger partial charge in [-0.2, -0.15) is 0 Å². The van der Waals surface area contributed by atoms with Crippen LogP contribution < -0.4 is 5.43 Å². The zero-order valence-corrected chi connectivity index (χ0v) is 8.22. The normalized spacial score (nSPS) is 10.3. The summed E-state index contributed by atoms with van der Waals surface area (Å²) in [5.74, 6) is -1.99. The molecule has 82 valence electrons. The van der Waals surface area contributed by atoms with Crippen molar-refractivity contribution in [2.45, 2.75) is 6.92 Å². The van der Waals surface area contributed by atoms with E-state index in [1.54, 1.807) is 6.92 Å². The number of aromatic amines is 1. The number of nitrogens with zero attached hydrogens (tertiary/aromatic N) is 2. The summed E-state index contributed by atoms with van der Waals surface area (Å²) in [5.41, 5.74) is 0.522. The van der Waals surface area contributed by atoms with Crippen LogP contribution in [0.2, 0.25) is 0 Å². The highest BCUT2D eigenvalue weighted by Crippen LogP contribution is 2.12. The van der Waals surface area contributed by atoms with Crippen LogP contribution >= 0.6 is 0 Å². The largest absolute Gasteiger partial charge is 0.474 e. The number of rotatable bonds is 2. The molecule has 2 N–H and O–H groups in total. The van der Waals surface area contributed by atoms with E-state index in [0.29, 0.717) is 5.69 Å². The molecule has 0 fully saturated rings. The van der Waals surface area contributed by atoms with Crippen molar-refractivity contribution in [2.75, 3.05) is 0 Å². The molecular weight excluding hydrogens is 214 g/mol. The number of hydrogen-bond acceptors (Lipinski definition) is 5. The van der Waals surface area contributed by atoms with Gasteiger partial charge in [-0.25, -0.2) is 4.79 Å². The van der Waals surface area contributed by atoms with Gasteiger partial charge in [-0.15, -0.1) is 10.2 Å². The van der Waals surface area contributed by atoms with Crippen LogP contribution in [-0.2, 0) is 0 Å². The first-order valence-corrected chi connectivity index (χ1v) is 4.34. The van der Waals surface area contributed by atoms with Crippen LogP contribution in [0.1, 0.15) is 16.4 Å². The second-order valence-electron chi connectivity index (χ2n) is 3.11. The molecule has 0 amide bonds. The zero-order valence-electron chi connectivity index (χ0n) is 8.22. The first-order chi connectivity index (χ1) is 7.58. The number of carbonyl (C=O) groups is 1. The van der Waals surface area contributed by atoms with Crippen LogP contribution in [0.4, 0.5) is 0 Å². The summed E-state index contributed by atoms with van der Waals surface area (Å²) in [6.07, 6.45) is 1.40. The number of aromatic carboxylic acids is 1. The minimum Gasteiger partial charge on any atom is -0.474 e. The van der Waals surface area contributed by atoms with Crippen molar-refractivity contribution in [1.29, 1.82) is 0 Å². The van der Waals surface area contributed by atoms with Crippen molar-refractivity contribution in [3.63, 3.8) is 0 Å². The third kappa shape index (κ3) is 1.70. The summed E-state index contributed by atoms with van der Waals surface area (Å²) in [6.45, 7) is 1.72. The molecule has 7 heteroatoms. The summed E-state index contributed by atoms with van der Waals surface area (Å²) in [7, 11) is 0. The molecule has 0 bridgehead atoms. The van der Waals surface area contributed by atoms with Gasteiger partial charge in [0.25, 0.3) is 5.89 Å². The maximum atomic E-state index is 11.5. The predicted molar refractivity (Wildman–Crippen MR) is 52.1 cm³/mol. The van der Waals surface area contributed by atoms with Gasteiger partial charge >= 0.3 is 11.9 Å². The summed E-state index contributed by atoms with van der Waals surface area (Å²) < 4.78 is 4.81. The lowest BCUT2D eigenvalue weighted by molar-refractivity contribution is 0.0654. The predicted octanol–water partition coefficient (Wildman–Crippen LogP) is 0.432. The minimum absolute atomic E-state index is 0.112. The number of hydrogen-bond donors (Lipinski definition) is 2. The van der Waals surface area contributed by atoms with E-state index in [-0.39, 0.29) is 16.9 Å². The molecule has 2 heterocycles. The van der Waals surface area contributed by atoms with Gasteiger partial charge in [0.2, 0.25) is 0 Å². The highest BCUT2D eigenvalue weighted by atomic mass is 16.4. The SMILES string of the molecule is Cc1cc(=O)c(-c2nnc(C(=O)O)o2)c[nH]1.